The van der Waals surface area contributed by atoms with Gasteiger partial charge in [0.15, 0.2) is 0 Å². The number of rotatable bonds is 0. The van der Waals surface area contributed by atoms with Crippen molar-refractivity contribution < 1.29 is 4.79 Å². The van der Waals surface area contributed by atoms with E-state index in [4.69, 9.17) is 0 Å². The summed E-state index contributed by atoms with van der Waals surface area (Å²) in [7, 11) is 0. The zero-order valence-electron chi connectivity index (χ0n) is 4.64. The van der Waals surface area contributed by atoms with Gasteiger partial charge in [-0.3, -0.25) is 4.79 Å². The van der Waals surface area contributed by atoms with Gasteiger partial charge in [0.1, 0.15) is 5.78 Å². The molecule has 1 rings (SSSR count). The molecule has 1 fully saturated rings. The molecule has 0 radical (unpaired) electrons. The molecule has 0 aromatic heterocycles. The lowest BCUT2D eigenvalue weighted by Crippen LogP contribution is -2.18. The van der Waals surface area contributed by atoms with E-state index in [0.29, 0.717) is 12.3 Å². The molecular weight excluding hydrogens is 122 g/mol. The zero-order chi connectivity index (χ0) is 5.82. The molecule has 0 unspecified atom stereocenters. The van der Waals surface area contributed by atoms with Crippen molar-refractivity contribution in [2.45, 2.75) is 6.42 Å². The van der Waals surface area contributed by atoms with Crippen LogP contribution in [0.25, 0.3) is 0 Å². The van der Waals surface area contributed by atoms with Crippen LogP contribution in [0.3, 0.4) is 0 Å². The summed E-state index contributed by atoms with van der Waals surface area (Å²) in [6.07, 6.45) is 0.748. The van der Waals surface area contributed by atoms with Crippen LogP contribution in [0, 0.1) is 0 Å². The third-order valence-electron chi connectivity index (χ3n) is 1.05. The van der Waals surface area contributed by atoms with Crippen molar-refractivity contribution in [3.05, 3.63) is 0 Å². The first-order chi connectivity index (χ1) is 3.89. The SMILES string of the molecule is O=C1CCSCNC1. The second-order valence-corrected chi connectivity index (χ2v) is 2.87. The molecule has 8 heavy (non-hydrogen) atoms. The fourth-order valence-electron chi connectivity index (χ4n) is 0.609. The number of hydrogen-bond donors (Lipinski definition) is 1. The maximum atomic E-state index is 10.6. The molecule has 0 bridgehead atoms. The number of carbonyl (C=O) groups is 1. The van der Waals surface area contributed by atoms with Gasteiger partial charge in [0, 0.05) is 18.1 Å². The second-order valence-electron chi connectivity index (χ2n) is 1.77. The summed E-state index contributed by atoms with van der Waals surface area (Å²) in [5, 5.41) is 3.01. The highest BCUT2D eigenvalue weighted by molar-refractivity contribution is 7.99. The summed E-state index contributed by atoms with van der Waals surface area (Å²) in [5.41, 5.74) is 0. The predicted molar refractivity (Wildman–Crippen MR) is 35.0 cm³/mol. The van der Waals surface area contributed by atoms with Gasteiger partial charge < -0.3 is 5.32 Å². The van der Waals surface area contributed by atoms with Crippen LogP contribution in [0.1, 0.15) is 6.42 Å². The highest BCUT2D eigenvalue weighted by Gasteiger charge is 2.04. The van der Waals surface area contributed by atoms with Gasteiger partial charge in [-0.2, -0.15) is 0 Å². The molecular formula is C5H9NOS. The molecule has 0 aliphatic carbocycles. The Morgan fingerprint density at radius 1 is 1.62 bits per heavy atom. The van der Waals surface area contributed by atoms with Crippen molar-refractivity contribution in [1.82, 2.24) is 5.32 Å². The van der Waals surface area contributed by atoms with Crippen LogP contribution in [0.4, 0.5) is 0 Å². The molecule has 0 aromatic rings. The molecule has 2 nitrogen and oxygen atoms in total. The highest BCUT2D eigenvalue weighted by atomic mass is 32.2. The molecule has 1 aliphatic rings. The van der Waals surface area contributed by atoms with Crippen LogP contribution in [0.5, 0.6) is 0 Å². The van der Waals surface area contributed by atoms with Crippen molar-refractivity contribution >= 4 is 17.5 Å². The van der Waals surface area contributed by atoms with Gasteiger partial charge in [-0.05, 0) is 0 Å². The molecule has 1 saturated heterocycles. The summed E-state index contributed by atoms with van der Waals surface area (Å²) < 4.78 is 0. The summed E-state index contributed by atoms with van der Waals surface area (Å²) in [6, 6.07) is 0. The Morgan fingerprint density at radius 2 is 2.50 bits per heavy atom. The average molecular weight is 131 g/mol. The molecule has 46 valence electrons. The lowest BCUT2D eigenvalue weighted by molar-refractivity contribution is -0.117. The molecule has 1 heterocycles. The Morgan fingerprint density at radius 3 is 3.38 bits per heavy atom. The molecule has 0 atom stereocenters. The molecule has 0 amide bonds. The predicted octanol–water partition coefficient (Wildman–Crippen LogP) is 0.239. The van der Waals surface area contributed by atoms with Gasteiger partial charge in [-0.25, -0.2) is 0 Å². The van der Waals surface area contributed by atoms with E-state index >= 15 is 0 Å². The van der Waals surface area contributed by atoms with Crippen molar-refractivity contribution in [2.75, 3.05) is 18.2 Å². The van der Waals surface area contributed by atoms with E-state index in [1.807, 2.05) is 0 Å². The maximum absolute atomic E-state index is 10.6. The van der Waals surface area contributed by atoms with Crippen molar-refractivity contribution in [3.8, 4) is 0 Å². The fraction of sp³-hybridized carbons (Fsp3) is 0.800. The smallest absolute Gasteiger partial charge is 0.147 e. The van der Waals surface area contributed by atoms with Crippen LogP contribution < -0.4 is 5.32 Å². The minimum absolute atomic E-state index is 0.343. The quantitative estimate of drug-likeness (QED) is 0.510. The van der Waals surface area contributed by atoms with E-state index in [1.165, 1.54) is 0 Å². The summed E-state index contributed by atoms with van der Waals surface area (Å²) in [5.74, 6) is 2.27. The summed E-state index contributed by atoms with van der Waals surface area (Å²) >= 11 is 1.79. The van der Waals surface area contributed by atoms with Crippen LogP contribution in [0.2, 0.25) is 0 Å². The van der Waals surface area contributed by atoms with Crippen molar-refractivity contribution in [2.24, 2.45) is 0 Å². The Bertz CT molecular complexity index is 84.4. The normalized spacial score (nSPS) is 22.8. The number of thioether (sulfide) groups is 1. The van der Waals surface area contributed by atoms with Gasteiger partial charge in [0.2, 0.25) is 0 Å². The van der Waals surface area contributed by atoms with E-state index < -0.39 is 0 Å². The van der Waals surface area contributed by atoms with Gasteiger partial charge in [0.25, 0.3) is 0 Å². The topological polar surface area (TPSA) is 29.1 Å². The molecule has 3 heteroatoms. The molecule has 1 N–H and O–H groups in total. The van der Waals surface area contributed by atoms with E-state index in [0.717, 1.165) is 18.1 Å². The first kappa shape index (κ1) is 6.11. The number of ketones is 1. The standard InChI is InChI=1S/C5H9NOS/c7-5-1-2-8-4-6-3-5/h6H,1-4H2. The molecule has 0 spiro atoms. The lowest BCUT2D eigenvalue weighted by Gasteiger charge is -1.91. The van der Waals surface area contributed by atoms with Gasteiger partial charge in [-0.15, -0.1) is 11.8 Å². The van der Waals surface area contributed by atoms with E-state index in [1.54, 1.807) is 11.8 Å². The Kier molecular flexibility index (Phi) is 2.36. The second kappa shape index (κ2) is 3.10. The number of hydrogen-bond acceptors (Lipinski definition) is 3. The fourth-order valence-corrected chi connectivity index (χ4v) is 1.37. The summed E-state index contributed by atoms with van der Waals surface area (Å²) in [6.45, 7) is 0.576. The van der Waals surface area contributed by atoms with E-state index in [-0.39, 0.29) is 0 Å². The molecule has 1 aliphatic heterocycles. The third kappa shape index (κ3) is 1.84. The van der Waals surface area contributed by atoms with Gasteiger partial charge >= 0.3 is 0 Å². The largest absolute Gasteiger partial charge is 0.301 e. The van der Waals surface area contributed by atoms with Crippen LogP contribution in [0.15, 0.2) is 0 Å². The Hall–Kier alpha value is -0.0200. The zero-order valence-corrected chi connectivity index (χ0v) is 5.46. The first-order valence-corrected chi connectivity index (χ1v) is 3.85. The van der Waals surface area contributed by atoms with Gasteiger partial charge in [0.05, 0.1) is 6.54 Å². The number of carbonyl (C=O) groups excluding carboxylic acids is 1. The van der Waals surface area contributed by atoms with Gasteiger partial charge in [-0.1, -0.05) is 0 Å². The van der Waals surface area contributed by atoms with E-state index in [2.05, 4.69) is 5.32 Å². The van der Waals surface area contributed by atoms with Crippen LogP contribution >= 0.6 is 11.8 Å². The van der Waals surface area contributed by atoms with Crippen molar-refractivity contribution in [1.29, 1.82) is 0 Å². The van der Waals surface area contributed by atoms with Crippen LogP contribution in [-0.2, 0) is 4.79 Å². The molecule has 0 saturated carbocycles. The third-order valence-corrected chi connectivity index (χ3v) is 1.95. The molecule has 0 aromatic carbocycles. The van der Waals surface area contributed by atoms with Crippen molar-refractivity contribution in [3.63, 3.8) is 0 Å². The average Bonchev–Trinajstić information content (AvgIpc) is 1.94. The minimum Gasteiger partial charge on any atom is -0.301 e. The lowest BCUT2D eigenvalue weighted by atomic mass is 10.3. The monoisotopic (exact) mass is 131 g/mol. The Labute approximate surface area is 53.0 Å². The maximum Gasteiger partial charge on any atom is 0.147 e. The minimum atomic E-state index is 0.343. The number of nitrogens with one attached hydrogen (secondary N) is 1. The highest BCUT2D eigenvalue weighted by Crippen LogP contribution is 2.03. The number of Topliss-reactive ketones (excluding diaryl/α,β-unsaturated/α-hetero) is 1. The summed E-state index contributed by atoms with van der Waals surface area (Å²) in [4.78, 5) is 10.6. The first-order valence-electron chi connectivity index (χ1n) is 2.70. The van der Waals surface area contributed by atoms with E-state index in [9.17, 15) is 4.79 Å². The van der Waals surface area contributed by atoms with Crippen LogP contribution in [-0.4, -0.2) is 24.0 Å². The Balaban J connectivity index is 2.27.